The molecule has 6 nitrogen and oxygen atoms in total. The normalized spacial score (nSPS) is 13.1. The lowest BCUT2D eigenvalue weighted by Crippen LogP contribution is -2.30. The summed E-state index contributed by atoms with van der Waals surface area (Å²) in [5.41, 5.74) is 0. The van der Waals surface area contributed by atoms with Gasteiger partial charge in [-0.25, -0.2) is 0 Å². The number of allylic oxidation sites excluding steroid dienone is 24. The predicted octanol–water partition coefficient (Wildman–Crippen LogP) is 23.5. The van der Waals surface area contributed by atoms with Gasteiger partial charge in [0, 0.05) is 19.3 Å². The molecular formula is C76H124O6. The highest BCUT2D eigenvalue weighted by Gasteiger charge is 2.19. The zero-order valence-electron chi connectivity index (χ0n) is 53.2. The maximum Gasteiger partial charge on any atom is 0.306 e. The van der Waals surface area contributed by atoms with E-state index in [-0.39, 0.29) is 37.5 Å². The Bertz CT molecular complexity index is 1780. The Morgan fingerprint density at radius 1 is 0.256 bits per heavy atom. The second-order valence-corrected chi connectivity index (χ2v) is 22.0. The van der Waals surface area contributed by atoms with Crippen molar-refractivity contribution in [1.82, 2.24) is 0 Å². The van der Waals surface area contributed by atoms with Crippen LogP contribution in [0.4, 0.5) is 0 Å². The highest BCUT2D eigenvalue weighted by molar-refractivity contribution is 5.71. The molecule has 0 aromatic heterocycles. The minimum Gasteiger partial charge on any atom is -0.462 e. The zero-order valence-corrected chi connectivity index (χ0v) is 53.2. The molecule has 6 heteroatoms. The van der Waals surface area contributed by atoms with Crippen molar-refractivity contribution in [3.05, 3.63) is 146 Å². The van der Waals surface area contributed by atoms with Crippen LogP contribution < -0.4 is 0 Å². The van der Waals surface area contributed by atoms with Gasteiger partial charge in [-0.3, -0.25) is 14.4 Å². The summed E-state index contributed by atoms with van der Waals surface area (Å²) in [5.74, 6) is -0.958. The molecule has 0 amide bonds. The van der Waals surface area contributed by atoms with Gasteiger partial charge in [-0.1, -0.05) is 308 Å². The van der Waals surface area contributed by atoms with E-state index >= 15 is 0 Å². The van der Waals surface area contributed by atoms with Crippen molar-refractivity contribution in [1.29, 1.82) is 0 Å². The highest BCUT2D eigenvalue weighted by Crippen LogP contribution is 2.16. The number of carbonyl (C=O) groups is 3. The van der Waals surface area contributed by atoms with Crippen LogP contribution in [0, 0.1) is 0 Å². The molecule has 0 aliphatic rings. The predicted molar refractivity (Wildman–Crippen MR) is 357 cm³/mol. The molecule has 0 aliphatic carbocycles. The summed E-state index contributed by atoms with van der Waals surface area (Å²) < 4.78 is 16.9. The Kier molecular flexibility index (Phi) is 64.8. The van der Waals surface area contributed by atoms with Gasteiger partial charge in [0.15, 0.2) is 6.10 Å². The second kappa shape index (κ2) is 68.8. The van der Waals surface area contributed by atoms with Gasteiger partial charge in [0.1, 0.15) is 13.2 Å². The van der Waals surface area contributed by atoms with Crippen molar-refractivity contribution < 1.29 is 28.6 Å². The fourth-order valence-electron chi connectivity index (χ4n) is 9.11. The maximum absolute atomic E-state index is 12.9. The topological polar surface area (TPSA) is 78.9 Å². The average molecular weight is 1130 g/mol. The summed E-state index contributed by atoms with van der Waals surface area (Å²) >= 11 is 0. The molecule has 0 spiro atoms. The lowest BCUT2D eigenvalue weighted by Gasteiger charge is -2.18. The molecule has 0 fully saturated rings. The summed E-state index contributed by atoms with van der Waals surface area (Å²) in [4.78, 5) is 38.3. The Labute approximate surface area is 506 Å². The van der Waals surface area contributed by atoms with E-state index in [2.05, 4.69) is 167 Å². The van der Waals surface area contributed by atoms with Gasteiger partial charge in [0.05, 0.1) is 0 Å². The molecule has 0 radical (unpaired) electrons. The molecule has 0 saturated carbocycles. The Morgan fingerprint density at radius 2 is 0.488 bits per heavy atom. The SMILES string of the molecule is CC/C=C\C/C=C\C/C=C\C/C=C\C/C=C\C/C=C\C/C=C\CCCCCCCCCCCCCCCC(=O)OCC(COC(=O)CCCCCCCCCCCCCC)OC(=O)CCC/C=C\C/C=C\C/C=C\C/C=C\C/C=C\CC. The zero-order chi connectivity index (χ0) is 59.2. The number of rotatable bonds is 60. The Balaban J connectivity index is 4.24. The molecule has 82 heavy (non-hydrogen) atoms. The van der Waals surface area contributed by atoms with Gasteiger partial charge in [-0.15, -0.1) is 0 Å². The minimum atomic E-state index is -0.811. The summed E-state index contributed by atoms with van der Waals surface area (Å²) in [7, 11) is 0. The van der Waals surface area contributed by atoms with Crippen molar-refractivity contribution in [3.63, 3.8) is 0 Å². The molecule has 0 heterocycles. The molecule has 464 valence electrons. The van der Waals surface area contributed by atoms with Gasteiger partial charge in [-0.05, 0) is 116 Å². The van der Waals surface area contributed by atoms with Crippen molar-refractivity contribution >= 4 is 17.9 Å². The lowest BCUT2D eigenvalue weighted by atomic mass is 10.0. The van der Waals surface area contributed by atoms with Gasteiger partial charge in [0.2, 0.25) is 0 Å². The molecule has 0 aromatic rings. The van der Waals surface area contributed by atoms with Crippen LogP contribution in [0.25, 0.3) is 0 Å². The van der Waals surface area contributed by atoms with Gasteiger partial charge in [0.25, 0.3) is 0 Å². The highest BCUT2D eigenvalue weighted by atomic mass is 16.6. The van der Waals surface area contributed by atoms with Crippen LogP contribution in [0.2, 0.25) is 0 Å². The third-order valence-electron chi connectivity index (χ3n) is 14.1. The molecule has 0 aliphatic heterocycles. The molecule has 0 N–H and O–H groups in total. The molecular weight excluding hydrogens is 1010 g/mol. The smallest absolute Gasteiger partial charge is 0.306 e. The third-order valence-corrected chi connectivity index (χ3v) is 14.1. The first-order valence-corrected chi connectivity index (χ1v) is 33.8. The van der Waals surface area contributed by atoms with Crippen molar-refractivity contribution in [2.75, 3.05) is 13.2 Å². The molecule has 0 saturated heterocycles. The van der Waals surface area contributed by atoms with E-state index in [1.165, 1.54) is 128 Å². The fourth-order valence-corrected chi connectivity index (χ4v) is 9.11. The van der Waals surface area contributed by atoms with E-state index in [1.807, 2.05) is 0 Å². The van der Waals surface area contributed by atoms with Gasteiger partial charge >= 0.3 is 17.9 Å². The minimum absolute atomic E-state index is 0.101. The Hall–Kier alpha value is -4.71. The number of ether oxygens (including phenoxy) is 3. The largest absolute Gasteiger partial charge is 0.462 e. The third kappa shape index (κ3) is 66.1. The van der Waals surface area contributed by atoms with Crippen LogP contribution >= 0.6 is 0 Å². The van der Waals surface area contributed by atoms with Crippen molar-refractivity contribution in [3.8, 4) is 0 Å². The van der Waals surface area contributed by atoms with E-state index in [0.717, 1.165) is 122 Å². The fraction of sp³-hybridized carbons (Fsp3) is 0.645. The molecule has 0 bridgehead atoms. The van der Waals surface area contributed by atoms with E-state index in [4.69, 9.17) is 14.2 Å². The second-order valence-electron chi connectivity index (χ2n) is 22.0. The number of carbonyl (C=O) groups excluding carboxylic acids is 3. The lowest BCUT2D eigenvalue weighted by molar-refractivity contribution is -0.167. The Morgan fingerprint density at radius 3 is 0.780 bits per heavy atom. The van der Waals surface area contributed by atoms with E-state index in [9.17, 15) is 14.4 Å². The van der Waals surface area contributed by atoms with Crippen LogP contribution in [0.15, 0.2) is 146 Å². The number of unbranched alkanes of at least 4 members (excludes halogenated alkanes) is 25. The number of hydrogen-bond acceptors (Lipinski definition) is 6. The molecule has 0 aromatic carbocycles. The monoisotopic (exact) mass is 1130 g/mol. The molecule has 0 rings (SSSR count). The van der Waals surface area contributed by atoms with E-state index < -0.39 is 6.10 Å². The van der Waals surface area contributed by atoms with Crippen LogP contribution in [0.5, 0.6) is 0 Å². The van der Waals surface area contributed by atoms with Crippen LogP contribution in [0.3, 0.4) is 0 Å². The van der Waals surface area contributed by atoms with Crippen LogP contribution in [0.1, 0.15) is 297 Å². The van der Waals surface area contributed by atoms with Crippen molar-refractivity contribution in [2.45, 2.75) is 303 Å². The van der Waals surface area contributed by atoms with Gasteiger partial charge < -0.3 is 14.2 Å². The number of esters is 3. The van der Waals surface area contributed by atoms with Crippen molar-refractivity contribution in [2.24, 2.45) is 0 Å². The van der Waals surface area contributed by atoms with Crippen LogP contribution in [-0.2, 0) is 28.6 Å². The maximum atomic E-state index is 12.9. The summed E-state index contributed by atoms with van der Waals surface area (Å²) in [6.07, 6.45) is 98.8. The average Bonchev–Trinajstić information content (AvgIpc) is 3.47. The van der Waals surface area contributed by atoms with Gasteiger partial charge in [-0.2, -0.15) is 0 Å². The first-order valence-electron chi connectivity index (χ1n) is 33.8. The quantitative estimate of drug-likeness (QED) is 0.0261. The first kappa shape index (κ1) is 77.3. The number of hydrogen-bond donors (Lipinski definition) is 0. The standard InChI is InChI=1S/C76H124O6/c1-4-7-10-13-16-19-22-25-27-29-30-31-32-33-34-35-36-37-38-39-40-41-42-43-44-45-46-48-49-51-54-57-60-63-66-69-75(78)81-72-73(71-80-74(77)68-65-62-59-56-53-24-21-18-15-12-9-6-3)82-76(79)70-67-64-61-58-55-52-50-47-28-26-23-20-17-14-11-8-5-2/h7-8,10-11,16-17,19-20,25-28,30-31,33-34,36-37,39-40,50,52,58,61,73H,4-6,9,12-15,18,21-24,29,32,35,38,41-49,51,53-57,59-60,62-72H2,1-3H3/b10-7-,11-8-,19-16-,20-17-,27-25-,28-26-,31-30-,34-33-,37-36-,40-39-,52-50-,61-58-. The summed E-state index contributed by atoms with van der Waals surface area (Å²) in [5, 5.41) is 0. The van der Waals surface area contributed by atoms with E-state index in [0.29, 0.717) is 19.3 Å². The summed E-state index contributed by atoms with van der Waals surface area (Å²) in [6.45, 7) is 6.37. The first-order chi connectivity index (χ1) is 40.5. The van der Waals surface area contributed by atoms with Crippen LogP contribution in [-0.4, -0.2) is 37.2 Å². The van der Waals surface area contributed by atoms with E-state index in [1.54, 1.807) is 0 Å². The molecule has 1 unspecified atom stereocenters. The molecule has 1 atom stereocenters. The summed E-state index contributed by atoms with van der Waals surface area (Å²) in [6, 6.07) is 0.